The molecule has 0 saturated carbocycles. The van der Waals surface area contributed by atoms with Crippen LogP contribution in [0.2, 0.25) is 0 Å². The standard InChI is InChI=1S/C10H17NO3/c1-10(2,3)9(13)11-7(12)5-6-8(11)14-4/h8H,5-6H2,1-4H3. The zero-order chi connectivity index (χ0) is 10.9. The summed E-state index contributed by atoms with van der Waals surface area (Å²) in [6.45, 7) is 5.40. The van der Waals surface area contributed by atoms with Crippen molar-refractivity contribution in [2.45, 2.75) is 39.8 Å². The van der Waals surface area contributed by atoms with Crippen molar-refractivity contribution in [1.82, 2.24) is 4.90 Å². The van der Waals surface area contributed by atoms with E-state index in [0.717, 1.165) is 0 Å². The van der Waals surface area contributed by atoms with E-state index in [4.69, 9.17) is 4.74 Å². The Bertz CT molecular complexity index is 255. The van der Waals surface area contributed by atoms with Crippen LogP contribution in [0.4, 0.5) is 0 Å². The average Bonchev–Trinajstić information content (AvgIpc) is 2.43. The van der Waals surface area contributed by atoms with Gasteiger partial charge in [-0.2, -0.15) is 0 Å². The summed E-state index contributed by atoms with van der Waals surface area (Å²) < 4.78 is 5.09. The molecule has 0 N–H and O–H groups in total. The molecule has 1 saturated heterocycles. The molecule has 0 spiro atoms. The highest BCUT2D eigenvalue weighted by Crippen LogP contribution is 2.26. The van der Waals surface area contributed by atoms with Gasteiger partial charge in [0.2, 0.25) is 11.8 Å². The van der Waals surface area contributed by atoms with Crippen LogP contribution in [0.15, 0.2) is 0 Å². The predicted molar refractivity (Wildman–Crippen MR) is 51.3 cm³/mol. The Kier molecular flexibility index (Phi) is 2.95. The third kappa shape index (κ3) is 1.95. The van der Waals surface area contributed by atoms with E-state index in [1.165, 1.54) is 12.0 Å². The maximum atomic E-state index is 11.9. The first-order chi connectivity index (χ1) is 6.38. The van der Waals surface area contributed by atoms with E-state index in [0.29, 0.717) is 12.8 Å². The van der Waals surface area contributed by atoms with Gasteiger partial charge >= 0.3 is 0 Å². The highest BCUT2D eigenvalue weighted by Gasteiger charge is 2.40. The van der Waals surface area contributed by atoms with Crippen molar-refractivity contribution in [3.8, 4) is 0 Å². The van der Waals surface area contributed by atoms with Crippen molar-refractivity contribution in [2.75, 3.05) is 7.11 Å². The number of carbonyl (C=O) groups excluding carboxylic acids is 2. The van der Waals surface area contributed by atoms with E-state index >= 15 is 0 Å². The Morgan fingerprint density at radius 2 is 2.07 bits per heavy atom. The van der Waals surface area contributed by atoms with Crippen LogP contribution in [0.1, 0.15) is 33.6 Å². The number of imide groups is 1. The molecule has 4 nitrogen and oxygen atoms in total. The first-order valence-electron chi connectivity index (χ1n) is 4.77. The fraction of sp³-hybridized carbons (Fsp3) is 0.800. The zero-order valence-corrected chi connectivity index (χ0v) is 9.16. The van der Waals surface area contributed by atoms with Crippen molar-refractivity contribution in [3.63, 3.8) is 0 Å². The summed E-state index contributed by atoms with van der Waals surface area (Å²) in [7, 11) is 1.52. The average molecular weight is 199 g/mol. The largest absolute Gasteiger partial charge is 0.361 e. The summed E-state index contributed by atoms with van der Waals surface area (Å²) in [4.78, 5) is 24.6. The molecule has 80 valence electrons. The van der Waals surface area contributed by atoms with E-state index < -0.39 is 5.41 Å². The molecule has 1 atom stereocenters. The number of ether oxygens (including phenoxy) is 1. The van der Waals surface area contributed by atoms with Crippen LogP contribution < -0.4 is 0 Å². The monoisotopic (exact) mass is 199 g/mol. The van der Waals surface area contributed by atoms with Crippen molar-refractivity contribution >= 4 is 11.8 Å². The molecule has 0 radical (unpaired) electrons. The smallest absolute Gasteiger partial charge is 0.236 e. The van der Waals surface area contributed by atoms with Gasteiger partial charge in [0.15, 0.2) is 0 Å². The topological polar surface area (TPSA) is 46.6 Å². The van der Waals surface area contributed by atoms with E-state index in [1.54, 1.807) is 20.8 Å². The number of methoxy groups -OCH3 is 1. The molecule has 0 aromatic carbocycles. The first-order valence-corrected chi connectivity index (χ1v) is 4.77. The molecule has 1 fully saturated rings. The van der Waals surface area contributed by atoms with Gasteiger partial charge in [-0.3, -0.25) is 14.5 Å². The molecule has 0 aliphatic carbocycles. The van der Waals surface area contributed by atoms with Gasteiger partial charge in [-0.05, 0) is 0 Å². The molecule has 1 rings (SSSR count). The van der Waals surface area contributed by atoms with Gasteiger partial charge in [0, 0.05) is 25.4 Å². The van der Waals surface area contributed by atoms with Gasteiger partial charge in [-0.1, -0.05) is 20.8 Å². The summed E-state index contributed by atoms with van der Waals surface area (Å²) in [5.41, 5.74) is -0.531. The lowest BCUT2D eigenvalue weighted by Crippen LogP contribution is -2.45. The molecule has 1 unspecified atom stereocenters. The van der Waals surface area contributed by atoms with Gasteiger partial charge in [0.1, 0.15) is 6.23 Å². The van der Waals surface area contributed by atoms with Gasteiger partial charge in [-0.15, -0.1) is 0 Å². The normalized spacial score (nSPS) is 23.0. The number of carbonyl (C=O) groups is 2. The lowest BCUT2D eigenvalue weighted by atomic mass is 9.95. The van der Waals surface area contributed by atoms with Crippen LogP contribution in [0, 0.1) is 5.41 Å². The minimum atomic E-state index is -0.531. The number of rotatable bonds is 1. The Morgan fingerprint density at radius 1 is 1.50 bits per heavy atom. The molecular weight excluding hydrogens is 182 g/mol. The second-order valence-electron chi connectivity index (χ2n) is 4.55. The summed E-state index contributed by atoms with van der Waals surface area (Å²) in [5.74, 6) is -0.288. The minimum absolute atomic E-state index is 0.128. The van der Waals surface area contributed by atoms with Gasteiger partial charge in [0.25, 0.3) is 0 Å². The highest BCUT2D eigenvalue weighted by molar-refractivity contribution is 5.99. The van der Waals surface area contributed by atoms with E-state index in [9.17, 15) is 9.59 Å². The molecule has 1 aliphatic rings. The second-order valence-corrected chi connectivity index (χ2v) is 4.55. The number of hydrogen-bond donors (Lipinski definition) is 0. The Balaban J connectivity index is 2.84. The number of hydrogen-bond acceptors (Lipinski definition) is 3. The van der Waals surface area contributed by atoms with Crippen molar-refractivity contribution < 1.29 is 14.3 Å². The van der Waals surface area contributed by atoms with Crippen molar-refractivity contribution in [3.05, 3.63) is 0 Å². The first kappa shape index (κ1) is 11.2. The molecule has 1 heterocycles. The lowest BCUT2D eigenvalue weighted by molar-refractivity contribution is -0.157. The third-order valence-corrected chi connectivity index (χ3v) is 2.29. The Hall–Kier alpha value is -0.900. The third-order valence-electron chi connectivity index (χ3n) is 2.29. The van der Waals surface area contributed by atoms with E-state index in [2.05, 4.69) is 0 Å². The fourth-order valence-corrected chi connectivity index (χ4v) is 1.49. The predicted octanol–water partition coefficient (Wildman–Crippen LogP) is 1.15. The summed E-state index contributed by atoms with van der Waals surface area (Å²) in [6, 6.07) is 0. The van der Waals surface area contributed by atoms with Crippen LogP contribution in [0.5, 0.6) is 0 Å². The van der Waals surface area contributed by atoms with Crippen LogP contribution >= 0.6 is 0 Å². The molecular formula is C10H17NO3. The molecule has 0 aromatic heterocycles. The maximum absolute atomic E-state index is 11.9. The SMILES string of the molecule is COC1CCC(=O)N1C(=O)C(C)(C)C. The van der Waals surface area contributed by atoms with Crippen LogP contribution in [-0.2, 0) is 14.3 Å². The number of amides is 2. The quantitative estimate of drug-likeness (QED) is 0.636. The lowest BCUT2D eigenvalue weighted by Gasteiger charge is -2.28. The summed E-state index contributed by atoms with van der Waals surface area (Å²) >= 11 is 0. The van der Waals surface area contributed by atoms with Crippen LogP contribution in [0.3, 0.4) is 0 Å². The summed E-state index contributed by atoms with van der Waals surface area (Å²) in [6.07, 6.45) is 0.645. The van der Waals surface area contributed by atoms with Crippen LogP contribution in [-0.4, -0.2) is 30.1 Å². The molecule has 0 aromatic rings. The van der Waals surface area contributed by atoms with E-state index in [-0.39, 0.29) is 18.0 Å². The molecule has 2 amide bonds. The van der Waals surface area contributed by atoms with Gasteiger partial charge in [-0.25, -0.2) is 0 Å². The van der Waals surface area contributed by atoms with E-state index in [1.807, 2.05) is 0 Å². The molecule has 14 heavy (non-hydrogen) atoms. The minimum Gasteiger partial charge on any atom is -0.361 e. The van der Waals surface area contributed by atoms with Crippen molar-refractivity contribution in [2.24, 2.45) is 5.41 Å². The highest BCUT2D eigenvalue weighted by atomic mass is 16.5. The Morgan fingerprint density at radius 3 is 2.50 bits per heavy atom. The molecule has 0 bridgehead atoms. The van der Waals surface area contributed by atoms with Crippen molar-refractivity contribution in [1.29, 1.82) is 0 Å². The van der Waals surface area contributed by atoms with Gasteiger partial charge in [0.05, 0.1) is 0 Å². The zero-order valence-electron chi connectivity index (χ0n) is 9.16. The number of nitrogens with zero attached hydrogens (tertiary/aromatic N) is 1. The molecule has 1 aliphatic heterocycles. The fourth-order valence-electron chi connectivity index (χ4n) is 1.49. The number of likely N-dealkylation sites (tertiary alicyclic amines) is 1. The maximum Gasteiger partial charge on any atom is 0.236 e. The van der Waals surface area contributed by atoms with Gasteiger partial charge < -0.3 is 4.74 Å². The second kappa shape index (κ2) is 3.69. The molecule has 4 heteroatoms. The Labute approximate surface area is 84.2 Å². The van der Waals surface area contributed by atoms with Crippen LogP contribution in [0.25, 0.3) is 0 Å². The summed E-state index contributed by atoms with van der Waals surface area (Å²) in [5, 5.41) is 0.